The first-order valence-electron chi connectivity index (χ1n) is 8.36. The van der Waals surface area contributed by atoms with Gasteiger partial charge in [0.2, 0.25) is 0 Å². The molecule has 0 saturated carbocycles. The lowest BCUT2D eigenvalue weighted by molar-refractivity contribution is -0.137. The summed E-state index contributed by atoms with van der Waals surface area (Å²) in [6.45, 7) is 2.09. The summed E-state index contributed by atoms with van der Waals surface area (Å²) in [5.41, 5.74) is 0. The van der Waals surface area contributed by atoms with E-state index in [-0.39, 0.29) is 6.10 Å². The fraction of sp³-hybridized carbons (Fsp3) is 0.722. The Hall–Kier alpha value is -1.09. The number of carbonyl (C=O) groups is 1. The van der Waals surface area contributed by atoms with Crippen molar-refractivity contribution in [2.45, 2.75) is 83.7 Å². The Kier molecular flexibility index (Phi) is 14.5. The molecule has 0 aromatic rings. The molecule has 0 aliphatic rings. The first-order valence-corrected chi connectivity index (χ1v) is 8.36. The quantitative estimate of drug-likeness (QED) is 0.355. The summed E-state index contributed by atoms with van der Waals surface area (Å²) in [5.74, 6) is -0.687. The van der Waals surface area contributed by atoms with E-state index in [4.69, 9.17) is 5.11 Å². The van der Waals surface area contributed by atoms with E-state index in [0.717, 1.165) is 51.4 Å². The second-order valence-electron chi connectivity index (χ2n) is 5.56. The topological polar surface area (TPSA) is 57.5 Å². The SMILES string of the molecule is CCC[C@H](O)C/C=C\C/C=C\CCCCCCCC(=O)O. The van der Waals surface area contributed by atoms with Crippen molar-refractivity contribution < 1.29 is 15.0 Å². The molecule has 0 aromatic carbocycles. The Balaban J connectivity index is 3.29. The maximum absolute atomic E-state index is 10.3. The summed E-state index contributed by atoms with van der Waals surface area (Å²) in [5, 5.41) is 18.0. The van der Waals surface area contributed by atoms with Crippen LogP contribution in [-0.2, 0) is 4.79 Å². The number of hydrogen-bond donors (Lipinski definition) is 2. The molecule has 0 aliphatic heterocycles. The van der Waals surface area contributed by atoms with Crippen molar-refractivity contribution in [1.82, 2.24) is 0 Å². The molecule has 2 N–H and O–H groups in total. The molecule has 0 bridgehead atoms. The van der Waals surface area contributed by atoms with Gasteiger partial charge in [0, 0.05) is 6.42 Å². The molecule has 3 heteroatoms. The van der Waals surface area contributed by atoms with Crippen molar-refractivity contribution in [3.05, 3.63) is 24.3 Å². The Labute approximate surface area is 129 Å². The summed E-state index contributed by atoms with van der Waals surface area (Å²) >= 11 is 0. The molecule has 0 radical (unpaired) electrons. The summed E-state index contributed by atoms with van der Waals surface area (Å²) in [6.07, 6.45) is 18.7. The Bertz CT molecular complexity index is 295. The number of aliphatic hydroxyl groups is 1. The first-order chi connectivity index (χ1) is 10.2. The number of hydrogen-bond acceptors (Lipinski definition) is 2. The van der Waals surface area contributed by atoms with E-state index in [1.165, 1.54) is 12.8 Å². The van der Waals surface area contributed by atoms with Crippen LogP contribution in [0.15, 0.2) is 24.3 Å². The number of allylic oxidation sites excluding steroid dienone is 3. The lowest BCUT2D eigenvalue weighted by Crippen LogP contribution is -2.02. The van der Waals surface area contributed by atoms with Crippen molar-refractivity contribution in [3.8, 4) is 0 Å². The van der Waals surface area contributed by atoms with Crippen LogP contribution >= 0.6 is 0 Å². The Morgan fingerprint density at radius 3 is 2.38 bits per heavy atom. The standard InChI is InChI=1S/C18H32O3/c1-2-14-17(19)15-12-10-8-6-4-3-5-7-9-11-13-16-18(20)21/h4,6,10,12,17,19H,2-3,5,7-9,11,13-16H2,1H3,(H,20,21)/b6-4-,12-10-/t17-/m0/s1. The fourth-order valence-electron chi connectivity index (χ4n) is 2.16. The zero-order valence-corrected chi connectivity index (χ0v) is 13.5. The number of aliphatic carboxylic acids is 1. The normalized spacial score (nSPS) is 13.2. The first kappa shape index (κ1) is 19.9. The lowest BCUT2D eigenvalue weighted by atomic mass is 10.1. The van der Waals surface area contributed by atoms with Gasteiger partial charge in [0.1, 0.15) is 0 Å². The lowest BCUT2D eigenvalue weighted by Gasteiger charge is -2.03. The van der Waals surface area contributed by atoms with E-state index in [9.17, 15) is 9.90 Å². The molecule has 0 heterocycles. The molecular formula is C18H32O3. The molecule has 0 spiro atoms. The maximum Gasteiger partial charge on any atom is 0.303 e. The molecule has 21 heavy (non-hydrogen) atoms. The van der Waals surface area contributed by atoms with Gasteiger partial charge in [-0.05, 0) is 38.5 Å². The van der Waals surface area contributed by atoms with Crippen LogP contribution in [0.1, 0.15) is 77.6 Å². The van der Waals surface area contributed by atoms with Crippen molar-refractivity contribution in [1.29, 1.82) is 0 Å². The van der Waals surface area contributed by atoms with Crippen molar-refractivity contribution >= 4 is 5.97 Å². The molecule has 0 fully saturated rings. The van der Waals surface area contributed by atoms with E-state index in [2.05, 4.69) is 31.2 Å². The van der Waals surface area contributed by atoms with Crippen LogP contribution in [0.5, 0.6) is 0 Å². The number of unbranched alkanes of at least 4 members (excludes halogenated alkanes) is 5. The molecule has 0 aromatic heterocycles. The highest BCUT2D eigenvalue weighted by molar-refractivity contribution is 5.66. The van der Waals surface area contributed by atoms with Crippen LogP contribution in [0.25, 0.3) is 0 Å². The van der Waals surface area contributed by atoms with Gasteiger partial charge >= 0.3 is 5.97 Å². The van der Waals surface area contributed by atoms with E-state index < -0.39 is 5.97 Å². The molecule has 0 aliphatic carbocycles. The minimum absolute atomic E-state index is 0.184. The van der Waals surface area contributed by atoms with Gasteiger partial charge < -0.3 is 10.2 Å². The summed E-state index contributed by atoms with van der Waals surface area (Å²) in [4.78, 5) is 10.3. The molecule has 0 saturated heterocycles. The largest absolute Gasteiger partial charge is 0.481 e. The van der Waals surface area contributed by atoms with Crippen molar-refractivity contribution in [2.24, 2.45) is 0 Å². The average Bonchev–Trinajstić information content (AvgIpc) is 2.44. The molecule has 0 amide bonds. The Morgan fingerprint density at radius 2 is 1.67 bits per heavy atom. The summed E-state index contributed by atoms with van der Waals surface area (Å²) in [7, 11) is 0. The molecule has 1 atom stereocenters. The maximum atomic E-state index is 10.3. The highest BCUT2D eigenvalue weighted by atomic mass is 16.4. The van der Waals surface area contributed by atoms with Gasteiger partial charge in [-0.2, -0.15) is 0 Å². The number of carboxylic acid groups (broad SMARTS) is 1. The fourth-order valence-corrected chi connectivity index (χ4v) is 2.16. The third-order valence-corrected chi connectivity index (χ3v) is 3.40. The van der Waals surface area contributed by atoms with Gasteiger partial charge in [-0.15, -0.1) is 0 Å². The molecular weight excluding hydrogens is 264 g/mol. The van der Waals surface area contributed by atoms with Gasteiger partial charge in [0.25, 0.3) is 0 Å². The van der Waals surface area contributed by atoms with Gasteiger partial charge in [0.15, 0.2) is 0 Å². The van der Waals surface area contributed by atoms with Crippen LogP contribution in [0.2, 0.25) is 0 Å². The highest BCUT2D eigenvalue weighted by Gasteiger charge is 1.97. The van der Waals surface area contributed by atoms with Crippen LogP contribution in [0.3, 0.4) is 0 Å². The van der Waals surface area contributed by atoms with Crippen molar-refractivity contribution in [2.75, 3.05) is 0 Å². The monoisotopic (exact) mass is 296 g/mol. The predicted molar refractivity (Wildman–Crippen MR) is 88.4 cm³/mol. The average molecular weight is 296 g/mol. The molecule has 122 valence electrons. The second kappa shape index (κ2) is 15.3. The smallest absolute Gasteiger partial charge is 0.303 e. The zero-order chi connectivity index (χ0) is 15.8. The van der Waals surface area contributed by atoms with Crippen LogP contribution in [0.4, 0.5) is 0 Å². The van der Waals surface area contributed by atoms with E-state index in [0.29, 0.717) is 6.42 Å². The Morgan fingerprint density at radius 1 is 1.00 bits per heavy atom. The van der Waals surface area contributed by atoms with Crippen LogP contribution in [0, 0.1) is 0 Å². The van der Waals surface area contributed by atoms with E-state index >= 15 is 0 Å². The summed E-state index contributed by atoms with van der Waals surface area (Å²) < 4.78 is 0. The minimum Gasteiger partial charge on any atom is -0.481 e. The molecule has 0 unspecified atom stereocenters. The number of carboxylic acids is 1. The number of aliphatic hydroxyl groups excluding tert-OH is 1. The third-order valence-electron chi connectivity index (χ3n) is 3.40. The second-order valence-corrected chi connectivity index (χ2v) is 5.56. The van der Waals surface area contributed by atoms with Crippen LogP contribution in [-0.4, -0.2) is 22.3 Å². The van der Waals surface area contributed by atoms with Gasteiger partial charge in [-0.25, -0.2) is 0 Å². The zero-order valence-electron chi connectivity index (χ0n) is 13.5. The van der Waals surface area contributed by atoms with Gasteiger partial charge in [-0.1, -0.05) is 56.9 Å². The van der Waals surface area contributed by atoms with Gasteiger partial charge in [0.05, 0.1) is 6.10 Å². The van der Waals surface area contributed by atoms with Crippen LogP contribution < -0.4 is 0 Å². The van der Waals surface area contributed by atoms with E-state index in [1.807, 2.05) is 0 Å². The van der Waals surface area contributed by atoms with E-state index in [1.54, 1.807) is 0 Å². The summed E-state index contributed by atoms with van der Waals surface area (Å²) in [6, 6.07) is 0. The van der Waals surface area contributed by atoms with Crippen molar-refractivity contribution in [3.63, 3.8) is 0 Å². The third kappa shape index (κ3) is 16.9. The van der Waals surface area contributed by atoms with Gasteiger partial charge in [-0.3, -0.25) is 4.79 Å². The number of rotatable bonds is 14. The molecule has 3 nitrogen and oxygen atoms in total. The highest BCUT2D eigenvalue weighted by Crippen LogP contribution is 2.08. The predicted octanol–water partition coefficient (Wildman–Crippen LogP) is 4.86. The molecule has 0 rings (SSSR count). The minimum atomic E-state index is -0.687.